The van der Waals surface area contributed by atoms with Gasteiger partial charge in [0, 0.05) is 6.42 Å². The number of hydrogen-bond acceptors (Lipinski definition) is 3. The minimum absolute atomic E-state index is 0.0180. The van der Waals surface area contributed by atoms with Gasteiger partial charge in [0.25, 0.3) is 0 Å². The van der Waals surface area contributed by atoms with Gasteiger partial charge in [0.15, 0.2) is 0 Å². The largest absolute Gasteiger partial charge is 0.274 e. The second-order valence-corrected chi connectivity index (χ2v) is 7.14. The summed E-state index contributed by atoms with van der Waals surface area (Å²) in [5.41, 5.74) is 0. The normalized spacial score (nSPS) is 24.9. The van der Waals surface area contributed by atoms with Crippen molar-refractivity contribution < 1.29 is 9.59 Å². The van der Waals surface area contributed by atoms with E-state index in [0.717, 1.165) is 0 Å². The van der Waals surface area contributed by atoms with E-state index in [1.807, 2.05) is 20.8 Å². The summed E-state index contributed by atoms with van der Waals surface area (Å²) in [7, 11) is 0. The van der Waals surface area contributed by atoms with Crippen LogP contribution in [0, 0.1) is 0 Å². The van der Waals surface area contributed by atoms with Crippen molar-refractivity contribution in [3.05, 3.63) is 0 Å². The lowest BCUT2D eigenvalue weighted by molar-refractivity contribution is -0.138. The molecule has 3 nitrogen and oxygen atoms in total. The Balaban J connectivity index is 2.69. The van der Waals surface area contributed by atoms with Gasteiger partial charge in [-0.05, 0) is 12.2 Å². The van der Waals surface area contributed by atoms with Crippen LogP contribution < -0.4 is 0 Å². The van der Waals surface area contributed by atoms with Crippen molar-refractivity contribution in [2.75, 3.05) is 0 Å². The molecule has 0 bridgehead atoms. The summed E-state index contributed by atoms with van der Waals surface area (Å²) in [5, 5.41) is 0.237. The summed E-state index contributed by atoms with van der Waals surface area (Å²) in [4.78, 5) is 24.7. The van der Waals surface area contributed by atoms with Crippen LogP contribution in [0.2, 0.25) is 0 Å². The first-order chi connectivity index (χ1) is 6.43. The fourth-order valence-corrected chi connectivity index (χ4v) is 3.14. The highest BCUT2D eigenvalue weighted by Gasteiger charge is 2.40. The van der Waals surface area contributed by atoms with Gasteiger partial charge in [-0.2, -0.15) is 0 Å². The van der Waals surface area contributed by atoms with E-state index < -0.39 is 0 Å². The number of nitrogens with zero attached hydrogens (tertiary/aromatic N) is 1. The lowest BCUT2D eigenvalue weighted by Gasteiger charge is -2.17. The Morgan fingerprint density at radius 1 is 1.43 bits per heavy atom. The number of carbonyl (C=O) groups is 2. The zero-order valence-electron chi connectivity index (χ0n) is 8.49. The Bertz CT molecular complexity index is 255. The predicted molar refractivity (Wildman–Crippen MR) is 66.5 cm³/mol. The van der Waals surface area contributed by atoms with Crippen LogP contribution in [-0.2, 0) is 9.59 Å². The SMILES string of the molecule is CC(C)SC1CC(=O)N([C@H](C)I)C1=O. The van der Waals surface area contributed by atoms with Gasteiger partial charge in [-0.3, -0.25) is 14.5 Å². The second kappa shape index (κ2) is 4.83. The fraction of sp³-hybridized carbons (Fsp3) is 0.778. The van der Waals surface area contributed by atoms with Gasteiger partial charge in [-0.15, -0.1) is 11.8 Å². The third-order valence-electron chi connectivity index (χ3n) is 1.93. The molecule has 2 atom stereocenters. The Labute approximate surface area is 102 Å². The number of hydrogen-bond donors (Lipinski definition) is 0. The summed E-state index contributed by atoms with van der Waals surface area (Å²) in [6.07, 6.45) is 0.370. The van der Waals surface area contributed by atoms with Crippen LogP contribution in [0.3, 0.4) is 0 Å². The number of rotatable bonds is 3. The smallest absolute Gasteiger partial charge is 0.243 e. The Kier molecular flexibility index (Phi) is 4.24. The van der Waals surface area contributed by atoms with Gasteiger partial charge in [0.1, 0.15) is 0 Å². The van der Waals surface area contributed by atoms with Gasteiger partial charge in [0.05, 0.1) is 9.30 Å². The number of carbonyl (C=O) groups excluding carboxylic acids is 2. The molecule has 0 aromatic rings. The van der Waals surface area contributed by atoms with E-state index in [1.165, 1.54) is 4.90 Å². The number of amides is 2. The number of halogens is 1. The molecule has 1 fully saturated rings. The highest BCUT2D eigenvalue weighted by Crippen LogP contribution is 2.30. The first-order valence-electron chi connectivity index (χ1n) is 4.59. The molecule has 2 amide bonds. The van der Waals surface area contributed by atoms with E-state index in [4.69, 9.17) is 0 Å². The zero-order valence-corrected chi connectivity index (χ0v) is 11.5. The summed E-state index contributed by atoms with van der Waals surface area (Å²) in [6, 6.07) is 0. The molecule has 5 heteroatoms. The van der Waals surface area contributed by atoms with E-state index in [1.54, 1.807) is 11.8 Å². The van der Waals surface area contributed by atoms with E-state index in [0.29, 0.717) is 11.7 Å². The number of likely N-dealkylation sites (tertiary alicyclic amines) is 1. The first-order valence-corrected chi connectivity index (χ1v) is 6.77. The van der Waals surface area contributed by atoms with Crippen LogP contribution in [0.15, 0.2) is 0 Å². The number of alkyl halides is 1. The van der Waals surface area contributed by atoms with Crippen LogP contribution in [0.5, 0.6) is 0 Å². The Morgan fingerprint density at radius 3 is 2.36 bits per heavy atom. The standard InChI is InChI=1S/C9H14INO2S/c1-5(2)14-7-4-8(12)11(6(3)10)9(7)13/h5-7H,4H2,1-3H3/t6-,7?/m1/s1. The average molecular weight is 327 g/mol. The van der Waals surface area contributed by atoms with Crippen LogP contribution in [-0.4, -0.2) is 31.3 Å². The Morgan fingerprint density at radius 2 is 2.00 bits per heavy atom. The molecule has 0 radical (unpaired) electrons. The maximum absolute atomic E-state index is 11.8. The van der Waals surface area contributed by atoms with E-state index in [-0.39, 0.29) is 21.1 Å². The van der Waals surface area contributed by atoms with E-state index in [2.05, 4.69) is 22.6 Å². The van der Waals surface area contributed by atoms with Crippen LogP contribution >= 0.6 is 34.4 Å². The van der Waals surface area contributed by atoms with Gasteiger partial charge < -0.3 is 0 Å². The molecule has 0 N–H and O–H groups in total. The molecule has 80 valence electrons. The summed E-state index contributed by atoms with van der Waals surface area (Å²) in [6.45, 7) is 5.94. The zero-order chi connectivity index (χ0) is 10.9. The maximum atomic E-state index is 11.8. The highest BCUT2D eigenvalue weighted by molar-refractivity contribution is 14.1. The molecule has 14 heavy (non-hydrogen) atoms. The van der Waals surface area contributed by atoms with Crippen LogP contribution in [0.1, 0.15) is 27.2 Å². The van der Waals surface area contributed by atoms with Crippen molar-refractivity contribution in [3.8, 4) is 0 Å². The van der Waals surface area contributed by atoms with Crippen molar-refractivity contribution in [1.82, 2.24) is 4.90 Å². The van der Waals surface area contributed by atoms with Gasteiger partial charge in [0.2, 0.25) is 11.8 Å². The fourth-order valence-electron chi connectivity index (χ4n) is 1.43. The third-order valence-corrected chi connectivity index (χ3v) is 3.73. The molecule has 1 aliphatic heterocycles. The van der Waals surface area contributed by atoms with Crippen molar-refractivity contribution in [1.29, 1.82) is 0 Å². The topological polar surface area (TPSA) is 37.4 Å². The first kappa shape index (κ1) is 12.3. The molecule has 1 saturated heterocycles. The van der Waals surface area contributed by atoms with Crippen molar-refractivity contribution >= 4 is 46.2 Å². The minimum Gasteiger partial charge on any atom is -0.274 e. The summed E-state index contributed by atoms with van der Waals surface area (Å²) < 4.78 is -0.0367. The summed E-state index contributed by atoms with van der Waals surface area (Å²) in [5.74, 6) is -0.0503. The van der Waals surface area contributed by atoms with E-state index in [9.17, 15) is 9.59 Å². The molecule has 0 aliphatic carbocycles. The van der Waals surface area contributed by atoms with Crippen molar-refractivity contribution in [3.63, 3.8) is 0 Å². The predicted octanol–water partition coefficient (Wildman–Crippen LogP) is 2.04. The molecule has 1 unspecified atom stereocenters. The summed E-state index contributed by atoms with van der Waals surface area (Å²) >= 11 is 3.67. The number of thioether (sulfide) groups is 1. The molecule has 0 aromatic heterocycles. The Hall–Kier alpha value is 0.220. The van der Waals surface area contributed by atoms with Gasteiger partial charge in [-0.25, -0.2) is 0 Å². The van der Waals surface area contributed by atoms with E-state index >= 15 is 0 Å². The monoisotopic (exact) mass is 327 g/mol. The highest BCUT2D eigenvalue weighted by atomic mass is 127. The van der Waals surface area contributed by atoms with Crippen molar-refractivity contribution in [2.24, 2.45) is 0 Å². The third kappa shape index (κ3) is 2.62. The molecule has 0 spiro atoms. The molecule has 0 saturated carbocycles. The van der Waals surface area contributed by atoms with Crippen LogP contribution in [0.25, 0.3) is 0 Å². The molecular formula is C9H14INO2S. The molecule has 0 aromatic carbocycles. The molecule has 1 aliphatic rings. The maximum Gasteiger partial charge on any atom is 0.243 e. The van der Waals surface area contributed by atoms with Crippen LogP contribution in [0.4, 0.5) is 0 Å². The van der Waals surface area contributed by atoms with Crippen molar-refractivity contribution in [2.45, 2.75) is 41.7 Å². The molecule has 1 rings (SSSR count). The average Bonchev–Trinajstić information content (AvgIpc) is 2.25. The van der Waals surface area contributed by atoms with Gasteiger partial charge >= 0.3 is 0 Å². The quantitative estimate of drug-likeness (QED) is 0.345. The lowest BCUT2D eigenvalue weighted by Crippen LogP contribution is -2.35. The van der Waals surface area contributed by atoms with Gasteiger partial charge in [-0.1, -0.05) is 36.4 Å². The number of imide groups is 1. The molecule has 1 heterocycles. The molecular weight excluding hydrogens is 313 g/mol. The lowest BCUT2D eigenvalue weighted by atomic mass is 10.4. The minimum atomic E-state index is -0.153. The second-order valence-electron chi connectivity index (χ2n) is 3.55.